The molecule has 5 unspecified atom stereocenters. The number of carboxylic acids is 1. The van der Waals surface area contributed by atoms with E-state index in [-0.39, 0.29) is 5.31 Å². The van der Waals surface area contributed by atoms with E-state index in [0.717, 1.165) is 25.7 Å². The van der Waals surface area contributed by atoms with Gasteiger partial charge >= 0.3 is 5.97 Å². The standard InChI is InChI=1S/C13H22B2N5O2/c14-13-12(15-13)4-3-7(1-2-10(16)19-20-17)5-8(12)6-9(18-13)11(21)22/h7-9,18,20H,1-6,17H2,(H2,16,19)(H,21,22). The molecule has 2 saturated heterocycles. The van der Waals surface area contributed by atoms with Crippen molar-refractivity contribution in [3.63, 3.8) is 0 Å². The lowest BCUT2D eigenvalue weighted by atomic mass is 9.60. The van der Waals surface area contributed by atoms with E-state index in [1.807, 2.05) is 0 Å². The van der Waals surface area contributed by atoms with Gasteiger partial charge in [0.1, 0.15) is 19.2 Å². The minimum Gasteiger partial charge on any atom is -0.480 e. The average Bonchev–Trinajstić information content (AvgIpc) is 3.08. The smallest absolute Gasteiger partial charge is 0.320 e. The lowest BCUT2D eigenvalue weighted by molar-refractivity contribution is -0.141. The van der Waals surface area contributed by atoms with E-state index in [4.69, 9.17) is 19.4 Å². The Hall–Kier alpha value is -1.21. The van der Waals surface area contributed by atoms with Gasteiger partial charge in [-0.3, -0.25) is 4.79 Å². The predicted octanol–water partition coefficient (Wildman–Crippen LogP) is -0.936. The van der Waals surface area contributed by atoms with E-state index in [9.17, 15) is 9.90 Å². The highest BCUT2D eigenvalue weighted by Gasteiger charge is 2.71. The van der Waals surface area contributed by atoms with Gasteiger partial charge in [-0.05, 0) is 36.4 Å². The number of nitrogens with one attached hydrogen (secondary N) is 2. The fourth-order valence-corrected chi connectivity index (χ4v) is 4.51. The van der Waals surface area contributed by atoms with Crippen LogP contribution in [0, 0.1) is 11.8 Å². The Kier molecular flexibility index (Phi) is 3.89. The second-order valence-corrected chi connectivity index (χ2v) is 6.93. The van der Waals surface area contributed by atoms with Crippen molar-refractivity contribution in [2.45, 2.75) is 55.2 Å². The first kappa shape index (κ1) is 15.7. The topological polar surface area (TPSA) is 126 Å². The fourth-order valence-electron chi connectivity index (χ4n) is 4.51. The quantitative estimate of drug-likeness (QED) is 0.147. The van der Waals surface area contributed by atoms with Crippen LogP contribution in [-0.2, 0) is 4.79 Å². The fraction of sp³-hybridized carbons (Fsp3) is 0.846. The molecule has 1 spiro atoms. The van der Waals surface area contributed by atoms with Crippen LogP contribution in [0.2, 0.25) is 5.31 Å². The number of piperidine rings is 1. The molecule has 3 rings (SSSR count). The molecule has 7 N–H and O–H groups in total. The number of hydrogen-bond acceptors (Lipinski definition) is 5. The number of aliphatic carboxylic acids is 1. The van der Waals surface area contributed by atoms with E-state index < -0.39 is 17.3 Å². The van der Waals surface area contributed by atoms with Gasteiger partial charge in [-0.15, -0.1) is 0 Å². The molecule has 3 aliphatic rings. The molecule has 1 aliphatic carbocycles. The summed E-state index contributed by atoms with van der Waals surface area (Å²) in [4.78, 5) is 11.3. The van der Waals surface area contributed by atoms with Gasteiger partial charge in [-0.1, -0.05) is 18.2 Å². The highest BCUT2D eigenvalue weighted by molar-refractivity contribution is 6.72. The molecule has 22 heavy (non-hydrogen) atoms. The minimum absolute atomic E-state index is 0.00605. The lowest BCUT2D eigenvalue weighted by Gasteiger charge is -2.46. The minimum atomic E-state index is -0.814. The van der Waals surface area contributed by atoms with E-state index in [1.165, 1.54) is 0 Å². The molecule has 2 heterocycles. The molecule has 0 aromatic heterocycles. The number of carbonyl (C=O) groups is 1. The molecule has 7 nitrogen and oxygen atoms in total. The Labute approximate surface area is 132 Å². The highest BCUT2D eigenvalue weighted by Crippen LogP contribution is 2.69. The molecule has 9 heteroatoms. The third kappa shape index (κ3) is 2.50. The van der Waals surface area contributed by atoms with Crippen molar-refractivity contribution < 1.29 is 9.90 Å². The summed E-state index contributed by atoms with van der Waals surface area (Å²) in [6.45, 7) is 0. The number of hydrogen-bond donors (Lipinski definition) is 5. The second-order valence-electron chi connectivity index (χ2n) is 6.93. The van der Waals surface area contributed by atoms with Crippen molar-refractivity contribution in [3.8, 4) is 0 Å². The number of nitrogens with zero attached hydrogens (tertiary/aromatic N) is 1. The van der Waals surface area contributed by atoms with Gasteiger partial charge in [0.2, 0.25) is 0 Å². The number of carboxylic acid groups (broad SMARTS) is 1. The van der Waals surface area contributed by atoms with Crippen LogP contribution in [-0.4, -0.2) is 43.4 Å². The molecular formula is C13H22B2N5O2. The summed E-state index contributed by atoms with van der Waals surface area (Å²) in [6.07, 6.45) is 5.41. The van der Waals surface area contributed by atoms with Crippen molar-refractivity contribution in [3.05, 3.63) is 0 Å². The summed E-state index contributed by atoms with van der Waals surface area (Å²) in [5, 5.41) is 15.6. The normalized spacial score (nSPS) is 43.5. The van der Waals surface area contributed by atoms with Gasteiger partial charge in [-0.2, -0.15) is 5.10 Å². The number of rotatable bonds is 5. The molecule has 2 aliphatic heterocycles. The largest absolute Gasteiger partial charge is 0.480 e. The zero-order chi connectivity index (χ0) is 16.0. The molecule has 0 amide bonds. The van der Waals surface area contributed by atoms with Crippen molar-refractivity contribution in [1.29, 1.82) is 0 Å². The maximum absolute atomic E-state index is 11.3. The van der Waals surface area contributed by atoms with Crippen molar-refractivity contribution in [2.75, 3.05) is 0 Å². The van der Waals surface area contributed by atoms with Crippen molar-refractivity contribution >= 4 is 26.9 Å². The Morgan fingerprint density at radius 1 is 1.55 bits per heavy atom. The molecular weight excluding hydrogens is 280 g/mol. The van der Waals surface area contributed by atoms with Gasteiger partial charge in [0.05, 0.1) is 7.85 Å². The van der Waals surface area contributed by atoms with Crippen LogP contribution in [0.3, 0.4) is 0 Å². The zero-order valence-corrected chi connectivity index (χ0v) is 12.6. The Morgan fingerprint density at radius 3 is 3.00 bits per heavy atom. The van der Waals surface area contributed by atoms with Crippen molar-refractivity contribution in [1.82, 2.24) is 10.9 Å². The van der Waals surface area contributed by atoms with Crippen LogP contribution in [0.1, 0.15) is 38.5 Å². The van der Waals surface area contributed by atoms with Gasteiger partial charge < -0.3 is 16.2 Å². The van der Waals surface area contributed by atoms with Crippen LogP contribution in [0.15, 0.2) is 5.10 Å². The summed E-state index contributed by atoms with van der Waals surface area (Å²) in [6, 6.07) is -0.548. The number of amidine groups is 1. The van der Waals surface area contributed by atoms with E-state index >= 15 is 0 Å². The second kappa shape index (κ2) is 5.45. The molecule has 0 aromatic carbocycles. The van der Waals surface area contributed by atoms with Gasteiger partial charge in [-0.25, -0.2) is 11.4 Å². The van der Waals surface area contributed by atoms with Gasteiger partial charge in [0.25, 0.3) is 0 Å². The molecule has 3 radical (unpaired) electrons. The molecule has 0 bridgehead atoms. The first-order valence-electron chi connectivity index (χ1n) is 7.84. The third-order valence-electron chi connectivity index (χ3n) is 5.73. The highest BCUT2D eigenvalue weighted by atomic mass is 16.4. The van der Waals surface area contributed by atoms with E-state index in [2.05, 4.69) is 23.2 Å². The van der Waals surface area contributed by atoms with Crippen LogP contribution < -0.4 is 22.4 Å². The molecule has 0 aromatic rings. The number of hydrazone groups is 1. The van der Waals surface area contributed by atoms with Gasteiger partial charge in [0.15, 0.2) is 0 Å². The van der Waals surface area contributed by atoms with E-state index in [0.29, 0.717) is 30.5 Å². The third-order valence-corrected chi connectivity index (χ3v) is 5.73. The monoisotopic (exact) mass is 302 g/mol. The molecule has 1 saturated carbocycles. The average molecular weight is 302 g/mol. The predicted molar refractivity (Wildman–Crippen MR) is 85.1 cm³/mol. The lowest BCUT2D eigenvalue weighted by Crippen LogP contribution is -2.54. The van der Waals surface area contributed by atoms with Crippen molar-refractivity contribution in [2.24, 2.45) is 28.5 Å². The summed E-state index contributed by atoms with van der Waals surface area (Å²) in [5.74, 6) is 5.67. The molecule has 5 atom stereocenters. The van der Waals surface area contributed by atoms with Crippen LogP contribution in [0.25, 0.3) is 0 Å². The maximum Gasteiger partial charge on any atom is 0.320 e. The van der Waals surface area contributed by atoms with E-state index in [1.54, 1.807) is 0 Å². The SMILES string of the molecule is [B]C12[B]C13CCC(CC/C(N)=N/NN)CC3CC(C(=O)O)N2. The first-order valence-corrected chi connectivity index (χ1v) is 7.84. The zero-order valence-electron chi connectivity index (χ0n) is 12.6. The summed E-state index contributed by atoms with van der Waals surface area (Å²) in [7, 11) is 8.46. The Balaban J connectivity index is 1.62. The van der Waals surface area contributed by atoms with Crippen LogP contribution in [0.5, 0.6) is 0 Å². The maximum atomic E-state index is 11.3. The number of nitrogens with two attached hydrogens (primary N) is 2. The van der Waals surface area contributed by atoms with Crippen LogP contribution >= 0.6 is 0 Å². The summed E-state index contributed by atoms with van der Waals surface area (Å²) >= 11 is 0. The summed E-state index contributed by atoms with van der Waals surface area (Å²) in [5.41, 5.74) is 7.95. The van der Waals surface area contributed by atoms with Gasteiger partial charge in [0, 0.05) is 6.42 Å². The van der Waals surface area contributed by atoms with Crippen LogP contribution in [0.4, 0.5) is 0 Å². The molecule has 117 valence electrons. The first-order chi connectivity index (χ1) is 10.4. The Bertz CT molecular complexity index is 505. The number of hydrazine groups is 1. The summed E-state index contributed by atoms with van der Waals surface area (Å²) < 4.78 is 0. The Morgan fingerprint density at radius 2 is 2.32 bits per heavy atom. The molecule has 3 fully saturated rings.